The highest BCUT2D eigenvalue weighted by atomic mass is 79.9. The van der Waals surface area contributed by atoms with Gasteiger partial charge in [0.1, 0.15) is 0 Å². The number of hydrogen-bond acceptors (Lipinski definition) is 3. The van der Waals surface area contributed by atoms with Gasteiger partial charge in [-0.15, -0.1) is 11.3 Å². The minimum Gasteiger partial charge on any atom is -0.380 e. The van der Waals surface area contributed by atoms with Crippen molar-refractivity contribution in [3.8, 4) is 0 Å². The van der Waals surface area contributed by atoms with Crippen LogP contribution in [-0.2, 0) is 11.2 Å². The first kappa shape index (κ1) is 14.2. The third-order valence-electron chi connectivity index (χ3n) is 2.07. The molecule has 0 fully saturated rings. The summed E-state index contributed by atoms with van der Waals surface area (Å²) in [5.74, 6) is 0. The minimum absolute atomic E-state index is 0.181. The highest BCUT2D eigenvalue weighted by Crippen LogP contribution is 2.22. The molecule has 1 aromatic rings. The van der Waals surface area contributed by atoms with Gasteiger partial charge in [-0.3, -0.25) is 0 Å². The summed E-state index contributed by atoms with van der Waals surface area (Å²) in [6, 6.07) is 2.08. The molecule has 0 aliphatic rings. The molecule has 4 heteroatoms. The zero-order valence-electron chi connectivity index (χ0n) is 10.2. The van der Waals surface area contributed by atoms with Crippen LogP contribution in [0.5, 0.6) is 0 Å². The Kier molecular flexibility index (Phi) is 5.97. The van der Waals surface area contributed by atoms with Crippen molar-refractivity contribution in [2.75, 3.05) is 19.8 Å². The fourth-order valence-electron chi connectivity index (χ4n) is 1.27. The fraction of sp³-hybridized carbons (Fsp3) is 0.667. The summed E-state index contributed by atoms with van der Waals surface area (Å²) in [7, 11) is 0. The van der Waals surface area contributed by atoms with E-state index in [2.05, 4.69) is 53.5 Å². The predicted molar refractivity (Wildman–Crippen MR) is 74.3 cm³/mol. The lowest BCUT2D eigenvalue weighted by atomic mass is 10.1. The number of thiophene rings is 1. The maximum atomic E-state index is 5.58. The molecule has 1 aromatic heterocycles. The van der Waals surface area contributed by atoms with E-state index in [1.54, 1.807) is 11.3 Å². The quantitative estimate of drug-likeness (QED) is 0.813. The Balaban J connectivity index is 2.03. The van der Waals surface area contributed by atoms with Crippen molar-refractivity contribution in [1.82, 2.24) is 5.32 Å². The van der Waals surface area contributed by atoms with Crippen LogP contribution in [0.3, 0.4) is 0 Å². The molecule has 2 nitrogen and oxygen atoms in total. The molecule has 0 saturated carbocycles. The van der Waals surface area contributed by atoms with Gasteiger partial charge >= 0.3 is 0 Å². The number of rotatable bonds is 6. The average molecular weight is 306 g/mol. The van der Waals surface area contributed by atoms with Gasteiger partial charge in [-0.05, 0) is 48.1 Å². The molecule has 1 N–H and O–H groups in total. The fourth-order valence-corrected chi connectivity index (χ4v) is 2.80. The standard InChI is InChI=1S/C12H20BrNOS/c1-12(2,3)14-6-8-15-7-4-11-10(13)5-9-16-11/h5,9,14H,4,6-8H2,1-3H3. The predicted octanol–water partition coefficient (Wildman–Crippen LogP) is 3.46. The van der Waals surface area contributed by atoms with Gasteiger partial charge in [-0.2, -0.15) is 0 Å². The second kappa shape index (κ2) is 6.74. The monoisotopic (exact) mass is 305 g/mol. The van der Waals surface area contributed by atoms with Crippen LogP contribution in [0.15, 0.2) is 15.9 Å². The van der Waals surface area contributed by atoms with Crippen LogP contribution < -0.4 is 5.32 Å². The van der Waals surface area contributed by atoms with Crippen LogP contribution in [-0.4, -0.2) is 25.3 Å². The van der Waals surface area contributed by atoms with Crippen molar-refractivity contribution in [1.29, 1.82) is 0 Å². The molecule has 0 amide bonds. The molecular weight excluding hydrogens is 286 g/mol. The van der Waals surface area contributed by atoms with Crippen LogP contribution in [0.4, 0.5) is 0 Å². The lowest BCUT2D eigenvalue weighted by Crippen LogP contribution is -2.38. The molecule has 16 heavy (non-hydrogen) atoms. The van der Waals surface area contributed by atoms with E-state index in [1.165, 1.54) is 9.35 Å². The number of ether oxygens (including phenoxy) is 1. The van der Waals surface area contributed by atoms with Gasteiger partial charge in [0.15, 0.2) is 0 Å². The molecule has 0 aliphatic heterocycles. The summed E-state index contributed by atoms with van der Waals surface area (Å²) in [4.78, 5) is 1.36. The molecule has 0 radical (unpaired) electrons. The highest BCUT2D eigenvalue weighted by molar-refractivity contribution is 9.10. The van der Waals surface area contributed by atoms with Gasteiger partial charge in [-0.25, -0.2) is 0 Å². The Hall–Kier alpha value is 0.100. The van der Waals surface area contributed by atoms with E-state index in [1.807, 2.05) is 0 Å². The Bertz CT molecular complexity index is 306. The maximum Gasteiger partial charge on any atom is 0.0591 e. The normalized spacial score (nSPS) is 12.0. The number of halogens is 1. The summed E-state index contributed by atoms with van der Waals surface area (Å²) in [6.45, 7) is 8.97. The van der Waals surface area contributed by atoms with Crippen LogP contribution >= 0.6 is 27.3 Å². The minimum atomic E-state index is 0.181. The molecule has 1 rings (SSSR count). The summed E-state index contributed by atoms with van der Waals surface area (Å²) in [6.07, 6.45) is 0.994. The smallest absolute Gasteiger partial charge is 0.0591 e. The molecule has 0 unspecified atom stereocenters. The second-order valence-electron chi connectivity index (χ2n) is 4.73. The molecule has 0 spiro atoms. The Morgan fingerprint density at radius 1 is 1.38 bits per heavy atom. The van der Waals surface area contributed by atoms with Crippen LogP contribution in [0.2, 0.25) is 0 Å². The third kappa shape index (κ3) is 5.99. The molecule has 1 heterocycles. The molecular formula is C12H20BrNOS. The van der Waals surface area contributed by atoms with Crippen molar-refractivity contribution >= 4 is 27.3 Å². The van der Waals surface area contributed by atoms with Gasteiger partial charge in [0.25, 0.3) is 0 Å². The van der Waals surface area contributed by atoms with E-state index in [9.17, 15) is 0 Å². The molecule has 0 saturated heterocycles. The lowest BCUT2D eigenvalue weighted by Gasteiger charge is -2.20. The maximum absolute atomic E-state index is 5.58. The SMILES string of the molecule is CC(C)(C)NCCOCCc1sccc1Br. The largest absolute Gasteiger partial charge is 0.380 e. The van der Waals surface area contributed by atoms with Crippen molar-refractivity contribution < 1.29 is 4.74 Å². The van der Waals surface area contributed by atoms with Crippen molar-refractivity contribution in [2.45, 2.75) is 32.7 Å². The van der Waals surface area contributed by atoms with Crippen LogP contribution in [0.1, 0.15) is 25.6 Å². The molecule has 0 aliphatic carbocycles. The van der Waals surface area contributed by atoms with Gasteiger partial charge < -0.3 is 10.1 Å². The van der Waals surface area contributed by atoms with E-state index < -0.39 is 0 Å². The molecule has 0 atom stereocenters. The summed E-state index contributed by atoms with van der Waals surface area (Å²) in [5, 5.41) is 5.49. The first-order valence-corrected chi connectivity index (χ1v) is 7.21. The van der Waals surface area contributed by atoms with E-state index in [0.29, 0.717) is 0 Å². The van der Waals surface area contributed by atoms with E-state index in [0.717, 1.165) is 26.2 Å². The van der Waals surface area contributed by atoms with Gasteiger partial charge in [0, 0.05) is 27.9 Å². The molecule has 0 aromatic carbocycles. The topological polar surface area (TPSA) is 21.3 Å². The zero-order chi connectivity index (χ0) is 12.0. The Morgan fingerprint density at radius 2 is 2.12 bits per heavy atom. The van der Waals surface area contributed by atoms with Gasteiger partial charge in [-0.1, -0.05) is 0 Å². The Labute approximate surface area is 111 Å². The second-order valence-corrected chi connectivity index (χ2v) is 6.59. The summed E-state index contributed by atoms with van der Waals surface area (Å²) < 4.78 is 6.78. The highest BCUT2D eigenvalue weighted by Gasteiger charge is 2.07. The van der Waals surface area contributed by atoms with Crippen molar-refractivity contribution in [3.63, 3.8) is 0 Å². The van der Waals surface area contributed by atoms with Crippen LogP contribution in [0.25, 0.3) is 0 Å². The summed E-state index contributed by atoms with van der Waals surface area (Å²) in [5.41, 5.74) is 0.181. The molecule has 0 bridgehead atoms. The van der Waals surface area contributed by atoms with Gasteiger partial charge in [0.05, 0.1) is 13.2 Å². The van der Waals surface area contributed by atoms with E-state index in [4.69, 9.17) is 4.74 Å². The van der Waals surface area contributed by atoms with Gasteiger partial charge in [0.2, 0.25) is 0 Å². The Morgan fingerprint density at radius 3 is 2.69 bits per heavy atom. The molecule has 92 valence electrons. The first-order chi connectivity index (χ1) is 7.49. The number of hydrogen-bond donors (Lipinski definition) is 1. The number of nitrogens with one attached hydrogen (secondary N) is 1. The lowest BCUT2D eigenvalue weighted by molar-refractivity contribution is 0.134. The van der Waals surface area contributed by atoms with Crippen molar-refractivity contribution in [2.24, 2.45) is 0 Å². The van der Waals surface area contributed by atoms with E-state index >= 15 is 0 Å². The van der Waals surface area contributed by atoms with Crippen LogP contribution in [0, 0.1) is 0 Å². The average Bonchev–Trinajstić information content (AvgIpc) is 2.56. The first-order valence-electron chi connectivity index (χ1n) is 5.54. The third-order valence-corrected chi connectivity index (χ3v) is 4.05. The van der Waals surface area contributed by atoms with E-state index in [-0.39, 0.29) is 5.54 Å². The van der Waals surface area contributed by atoms with Crippen molar-refractivity contribution in [3.05, 3.63) is 20.8 Å². The summed E-state index contributed by atoms with van der Waals surface area (Å²) >= 11 is 5.29. The zero-order valence-corrected chi connectivity index (χ0v) is 12.6.